The van der Waals surface area contributed by atoms with Crippen LogP contribution >= 0.6 is 12.4 Å². The van der Waals surface area contributed by atoms with E-state index in [-0.39, 0.29) is 36.6 Å². The standard InChI is InChI=1S/C27H31NO3.C22H23NO.ClH/c1-27(2,3)31-26(29)28-16-15-24(22-10-5-4-6-11-22)25(18-28)30-19-20-13-14-21-9-7-8-12-23(21)17-20;1-2-7-19(8-3-1)21-12-13-23-15-22(21)24-16-17-10-11-18-6-4-5-9-20(18)14-17;/h4-14,17,24-25H,15-16,18-19H2,1-3H3;1-11,14,21-23H,12-13,15-16H2;1H. The van der Waals surface area contributed by atoms with Crippen LogP contribution in [-0.4, -0.2) is 55.0 Å². The Balaban J connectivity index is 0.000000192. The van der Waals surface area contributed by atoms with Gasteiger partial charge in [-0.15, -0.1) is 12.4 Å². The van der Waals surface area contributed by atoms with Crippen LogP contribution in [0.4, 0.5) is 4.79 Å². The number of hydrogen-bond donors (Lipinski definition) is 1. The predicted octanol–water partition coefficient (Wildman–Crippen LogP) is 11.1. The number of likely N-dealkylation sites (tertiary alicyclic amines) is 1. The quantitative estimate of drug-likeness (QED) is 0.167. The Morgan fingerprint density at radius 2 is 1.11 bits per heavy atom. The van der Waals surface area contributed by atoms with Crippen molar-refractivity contribution in [2.45, 2.75) is 76.5 Å². The SMILES string of the molecule is CC(C)(C)OC(=O)N1CCC(c2ccccc2)C(OCc2ccc3ccccc3c2)C1.Cl.c1ccc(C2CCNCC2OCc2ccc3ccccc3c2)cc1. The van der Waals surface area contributed by atoms with Gasteiger partial charge in [0.25, 0.3) is 0 Å². The number of carbonyl (C=O) groups is 1. The molecular formula is C49H55ClN2O4. The third kappa shape index (κ3) is 11.0. The molecule has 1 amide bonds. The minimum atomic E-state index is -0.505. The Kier molecular flexibility index (Phi) is 14.2. The molecule has 2 aliphatic rings. The molecule has 2 aliphatic heterocycles. The lowest BCUT2D eigenvalue weighted by atomic mass is 9.87. The zero-order valence-corrected chi connectivity index (χ0v) is 33.6. The van der Waals surface area contributed by atoms with Gasteiger partial charge in [-0.2, -0.15) is 0 Å². The fourth-order valence-corrected chi connectivity index (χ4v) is 7.81. The Morgan fingerprint density at radius 1 is 0.625 bits per heavy atom. The van der Waals surface area contributed by atoms with Gasteiger partial charge in [0.15, 0.2) is 0 Å². The van der Waals surface area contributed by atoms with Gasteiger partial charge in [0.1, 0.15) is 5.60 Å². The molecule has 6 aromatic rings. The molecule has 1 N–H and O–H groups in total. The summed E-state index contributed by atoms with van der Waals surface area (Å²) in [5.74, 6) is 0.730. The predicted molar refractivity (Wildman–Crippen MR) is 231 cm³/mol. The molecule has 0 aromatic heterocycles. The first-order chi connectivity index (χ1) is 26.8. The number of rotatable bonds is 8. The molecule has 56 heavy (non-hydrogen) atoms. The molecule has 0 radical (unpaired) electrons. The van der Waals surface area contributed by atoms with Crippen LogP contribution in [0.15, 0.2) is 146 Å². The number of ether oxygens (including phenoxy) is 3. The third-order valence-electron chi connectivity index (χ3n) is 10.6. The van der Waals surface area contributed by atoms with Gasteiger partial charge in [0.2, 0.25) is 0 Å². The van der Waals surface area contributed by atoms with E-state index in [4.69, 9.17) is 14.2 Å². The highest BCUT2D eigenvalue weighted by Gasteiger charge is 2.35. The average Bonchev–Trinajstić information content (AvgIpc) is 3.22. The number of halogens is 1. The maximum absolute atomic E-state index is 12.7. The van der Waals surface area contributed by atoms with E-state index in [1.807, 2.05) is 26.8 Å². The molecule has 0 saturated carbocycles. The molecule has 0 aliphatic carbocycles. The van der Waals surface area contributed by atoms with Crippen LogP contribution in [0.25, 0.3) is 21.5 Å². The van der Waals surface area contributed by atoms with Gasteiger partial charge in [-0.25, -0.2) is 4.79 Å². The van der Waals surface area contributed by atoms with Crippen molar-refractivity contribution in [2.75, 3.05) is 26.2 Å². The van der Waals surface area contributed by atoms with Crippen molar-refractivity contribution >= 4 is 40.0 Å². The van der Waals surface area contributed by atoms with Gasteiger partial charge in [-0.1, -0.05) is 133 Å². The molecule has 0 bridgehead atoms. The van der Waals surface area contributed by atoms with Crippen LogP contribution < -0.4 is 5.32 Å². The summed E-state index contributed by atoms with van der Waals surface area (Å²) in [6.07, 6.45) is 1.86. The minimum Gasteiger partial charge on any atom is -0.444 e. The fraction of sp³-hybridized carbons (Fsp3) is 0.327. The normalized spacial score (nSPS) is 19.7. The van der Waals surface area contributed by atoms with Gasteiger partial charge in [-0.3, -0.25) is 0 Å². The van der Waals surface area contributed by atoms with Crippen LogP contribution in [0, 0.1) is 0 Å². The van der Waals surface area contributed by atoms with Gasteiger partial charge in [0, 0.05) is 24.9 Å². The highest BCUT2D eigenvalue weighted by Crippen LogP contribution is 2.32. The second-order valence-electron chi connectivity index (χ2n) is 15.8. The summed E-state index contributed by atoms with van der Waals surface area (Å²) >= 11 is 0. The largest absolute Gasteiger partial charge is 0.444 e. The molecule has 8 rings (SSSR count). The lowest BCUT2D eigenvalue weighted by molar-refractivity contribution is -0.0359. The van der Waals surface area contributed by atoms with Crippen LogP contribution in [-0.2, 0) is 27.4 Å². The van der Waals surface area contributed by atoms with Crippen LogP contribution in [0.1, 0.15) is 67.7 Å². The highest BCUT2D eigenvalue weighted by molar-refractivity contribution is 5.85. The number of amides is 1. The average molecular weight is 771 g/mol. The van der Waals surface area contributed by atoms with Gasteiger partial charge in [0.05, 0.1) is 32.0 Å². The van der Waals surface area contributed by atoms with Crippen LogP contribution in [0.5, 0.6) is 0 Å². The summed E-state index contributed by atoms with van der Waals surface area (Å²) in [5.41, 5.74) is 4.53. The second kappa shape index (κ2) is 19.4. The molecular weight excluding hydrogens is 716 g/mol. The molecule has 4 unspecified atom stereocenters. The number of hydrogen-bond acceptors (Lipinski definition) is 5. The van der Waals surface area contributed by atoms with Gasteiger partial charge >= 0.3 is 6.09 Å². The Morgan fingerprint density at radius 3 is 1.64 bits per heavy atom. The van der Waals surface area contributed by atoms with Crippen molar-refractivity contribution in [2.24, 2.45) is 0 Å². The molecule has 292 valence electrons. The van der Waals surface area contributed by atoms with Crippen molar-refractivity contribution in [1.82, 2.24) is 10.2 Å². The third-order valence-corrected chi connectivity index (χ3v) is 10.6. The smallest absolute Gasteiger partial charge is 0.410 e. The van der Waals surface area contributed by atoms with Crippen molar-refractivity contribution < 1.29 is 19.0 Å². The van der Waals surface area contributed by atoms with Gasteiger partial charge < -0.3 is 24.4 Å². The van der Waals surface area contributed by atoms with Crippen LogP contribution in [0.3, 0.4) is 0 Å². The molecule has 7 heteroatoms. The van der Waals surface area contributed by atoms with E-state index in [0.29, 0.717) is 32.2 Å². The van der Waals surface area contributed by atoms with E-state index in [0.717, 1.165) is 31.5 Å². The maximum Gasteiger partial charge on any atom is 0.410 e. The number of fused-ring (bicyclic) bond motifs is 2. The molecule has 0 spiro atoms. The van der Waals surface area contributed by atoms with E-state index in [1.54, 1.807) is 4.90 Å². The Bertz CT molecular complexity index is 2140. The minimum absolute atomic E-state index is 0. The molecule has 6 aromatic carbocycles. The molecule has 2 fully saturated rings. The van der Waals surface area contributed by atoms with E-state index >= 15 is 0 Å². The van der Waals surface area contributed by atoms with E-state index in [1.165, 1.54) is 38.2 Å². The molecule has 2 heterocycles. The summed E-state index contributed by atoms with van der Waals surface area (Å²) in [7, 11) is 0. The number of piperidine rings is 2. The Hall–Kier alpha value is -4.72. The number of nitrogens with zero attached hydrogens (tertiary/aromatic N) is 1. The summed E-state index contributed by atoms with van der Waals surface area (Å²) in [6, 6.07) is 51.1. The van der Waals surface area contributed by atoms with Crippen molar-refractivity contribution in [3.05, 3.63) is 168 Å². The van der Waals surface area contributed by atoms with Gasteiger partial charge in [-0.05, 0) is 96.1 Å². The van der Waals surface area contributed by atoms with E-state index < -0.39 is 5.60 Å². The first-order valence-corrected chi connectivity index (χ1v) is 19.8. The summed E-state index contributed by atoms with van der Waals surface area (Å²) in [6.45, 7) is 10.1. The van der Waals surface area contributed by atoms with Crippen molar-refractivity contribution in [1.29, 1.82) is 0 Å². The molecule has 6 nitrogen and oxygen atoms in total. The van der Waals surface area contributed by atoms with Crippen molar-refractivity contribution in [3.63, 3.8) is 0 Å². The first kappa shape index (κ1) is 40.9. The monoisotopic (exact) mass is 770 g/mol. The van der Waals surface area contributed by atoms with E-state index in [2.05, 4.69) is 145 Å². The lowest BCUT2D eigenvalue weighted by Crippen LogP contribution is -2.48. The number of nitrogens with one attached hydrogen (secondary N) is 1. The number of benzene rings is 6. The summed E-state index contributed by atoms with van der Waals surface area (Å²) < 4.78 is 18.4. The summed E-state index contributed by atoms with van der Waals surface area (Å²) in [5, 5.41) is 8.47. The van der Waals surface area contributed by atoms with Crippen molar-refractivity contribution in [3.8, 4) is 0 Å². The Labute approximate surface area is 338 Å². The highest BCUT2D eigenvalue weighted by atomic mass is 35.5. The zero-order chi connectivity index (χ0) is 38.0. The number of carbonyl (C=O) groups excluding carboxylic acids is 1. The van der Waals surface area contributed by atoms with Crippen LogP contribution in [0.2, 0.25) is 0 Å². The maximum atomic E-state index is 12.7. The topological polar surface area (TPSA) is 60.0 Å². The molecule has 2 saturated heterocycles. The fourth-order valence-electron chi connectivity index (χ4n) is 7.81. The zero-order valence-electron chi connectivity index (χ0n) is 32.8. The second-order valence-corrected chi connectivity index (χ2v) is 15.8. The van der Waals surface area contributed by atoms with E-state index in [9.17, 15) is 4.79 Å². The summed E-state index contributed by atoms with van der Waals surface area (Å²) in [4.78, 5) is 14.5. The molecule has 4 atom stereocenters. The first-order valence-electron chi connectivity index (χ1n) is 19.8. The lowest BCUT2D eigenvalue weighted by Gasteiger charge is -2.39.